The predicted molar refractivity (Wildman–Crippen MR) is 63.3 cm³/mol. The van der Waals surface area contributed by atoms with Gasteiger partial charge < -0.3 is 0 Å². The smallest absolute Gasteiger partial charge is 0.300 e. The average molecular weight is 238 g/mol. The lowest BCUT2D eigenvalue weighted by atomic mass is 10.2. The summed E-state index contributed by atoms with van der Waals surface area (Å²) in [6, 6.07) is 0. The van der Waals surface area contributed by atoms with E-state index in [2.05, 4.69) is 15.0 Å². The Morgan fingerprint density at radius 3 is 2.53 bits per heavy atom. The van der Waals surface area contributed by atoms with E-state index in [9.17, 15) is 14.4 Å². The lowest BCUT2D eigenvalue weighted by Crippen LogP contribution is -2.35. The summed E-state index contributed by atoms with van der Waals surface area (Å²) in [5.41, 5.74) is -1.19. The van der Waals surface area contributed by atoms with Crippen LogP contribution in [0.15, 0.2) is 14.4 Å². The fourth-order valence-electron chi connectivity index (χ4n) is 1.76. The lowest BCUT2D eigenvalue weighted by molar-refractivity contribution is 0.567. The highest BCUT2D eigenvalue weighted by molar-refractivity contribution is 5.67. The maximum atomic E-state index is 11.9. The van der Waals surface area contributed by atoms with Crippen molar-refractivity contribution in [1.82, 2.24) is 19.5 Å². The summed E-state index contributed by atoms with van der Waals surface area (Å²) < 4.78 is 1.11. The molecule has 0 aliphatic carbocycles. The number of aromatic amines is 3. The van der Waals surface area contributed by atoms with Crippen LogP contribution in [0.3, 0.4) is 0 Å². The van der Waals surface area contributed by atoms with E-state index < -0.39 is 16.9 Å². The van der Waals surface area contributed by atoms with Crippen molar-refractivity contribution in [2.24, 2.45) is 0 Å². The number of aromatic nitrogens is 4. The van der Waals surface area contributed by atoms with Crippen molar-refractivity contribution in [1.29, 1.82) is 0 Å². The molecule has 0 bridgehead atoms. The SMILES string of the molecule is CCCCCn1c(=O)[nH]c2[nH]c(=O)[nH]c2c1=O. The van der Waals surface area contributed by atoms with E-state index >= 15 is 0 Å². The van der Waals surface area contributed by atoms with Gasteiger partial charge in [-0.3, -0.25) is 24.3 Å². The van der Waals surface area contributed by atoms with E-state index in [1.807, 2.05) is 6.92 Å². The quantitative estimate of drug-likeness (QED) is 0.648. The Hall–Kier alpha value is -2.05. The van der Waals surface area contributed by atoms with Crippen LogP contribution in [0.2, 0.25) is 0 Å². The molecule has 92 valence electrons. The maximum absolute atomic E-state index is 11.9. The van der Waals surface area contributed by atoms with E-state index in [4.69, 9.17) is 0 Å². The van der Waals surface area contributed by atoms with Gasteiger partial charge >= 0.3 is 11.4 Å². The summed E-state index contributed by atoms with van der Waals surface area (Å²) in [4.78, 5) is 41.8. The number of nitrogens with one attached hydrogen (secondary N) is 3. The second-order valence-electron chi connectivity index (χ2n) is 3.92. The number of fused-ring (bicyclic) bond motifs is 1. The molecule has 0 atom stereocenters. The third-order valence-electron chi connectivity index (χ3n) is 2.65. The monoisotopic (exact) mass is 238 g/mol. The molecule has 0 unspecified atom stereocenters. The van der Waals surface area contributed by atoms with E-state index in [1.54, 1.807) is 0 Å². The fraction of sp³-hybridized carbons (Fsp3) is 0.500. The Balaban J connectivity index is 2.52. The molecule has 0 amide bonds. The van der Waals surface area contributed by atoms with Crippen LogP contribution in [0, 0.1) is 0 Å². The summed E-state index contributed by atoms with van der Waals surface area (Å²) in [6.45, 7) is 2.41. The van der Waals surface area contributed by atoms with E-state index in [1.165, 1.54) is 0 Å². The molecule has 7 heteroatoms. The molecule has 0 radical (unpaired) electrons. The van der Waals surface area contributed by atoms with Gasteiger partial charge in [0.15, 0.2) is 5.52 Å². The zero-order valence-corrected chi connectivity index (χ0v) is 9.50. The van der Waals surface area contributed by atoms with Gasteiger partial charge in [0.2, 0.25) is 0 Å². The van der Waals surface area contributed by atoms with Crippen molar-refractivity contribution in [2.75, 3.05) is 0 Å². The minimum Gasteiger partial charge on any atom is -0.300 e. The molecule has 3 N–H and O–H groups in total. The second kappa shape index (κ2) is 4.44. The number of imidazole rings is 1. The Labute approximate surface area is 95.5 Å². The Bertz CT molecular complexity index is 688. The lowest BCUT2D eigenvalue weighted by Gasteiger charge is -2.02. The van der Waals surface area contributed by atoms with E-state index in [0.717, 1.165) is 23.8 Å². The molecule has 0 spiro atoms. The molecule has 0 fully saturated rings. The van der Waals surface area contributed by atoms with Crippen LogP contribution in [-0.2, 0) is 6.54 Å². The van der Waals surface area contributed by atoms with Gasteiger partial charge in [0, 0.05) is 6.54 Å². The molecule has 2 aromatic heterocycles. The zero-order valence-electron chi connectivity index (χ0n) is 9.50. The number of nitrogens with zero attached hydrogens (tertiary/aromatic N) is 1. The highest BCUT2D eigenvalue weighted by Crippen LogP contribution is 1.96. The molecule has 2 rings (SSSR count). The molecule has 0 aliphatic rings. The first kappa shape index (κ1) is 11.4. The number of hydrogen-bond donors (Lipinski definition) is 3. The van der Waals surface area contributed by atoms with Gasteiger partial charge in [-0.25, -0.2) is 9.59 Å². The first-order valence-corrected chi connectivity index (χ1v) is 5.58. The summed E-state index contributed by atoms with van der Waals surface area (Å²) in [5, 5.41) is 0. The maximum Gasteiger partial charge on any atom is 0.330 e. The van der Waals surface area contributed by atoms with Crippen LogP contribution >= 0.6 is 0 Å². The van der Waals surface area contributed by atoms with Crippen molar-refractivity contribution in [3.63, 3.8) is 0 Å². The third-order valence-corrected chi connectivity index (χ3v) is 2.65. The molecule has 2 heterocycles. The number of hydrogen-bond acceptors (Lipinski definition) is 3. The molecule has 0 saturated carbocycles. The van der Waals surface area contributed by atoms with Crippen molar-refractivity contribution in [2.45, 2.75) is 32.7 Å². The molecule has 2 aromatic rings. The minimum atomic E-state index is -0.501. The number of unbranched alkanes of at least 4 members (excludes halogenated alkanes) is 2. The fourth-order valence-corrected chi connectivity index (χ4v) is 1.76. The minimum absolute atomic E-state index is 0.117. The van der Waals surface area contributed by atoms with Crippen LogP contribution in [0.4, 0.5) is 0 Å². The molecular weight excluding hydrogens is 224 g/mol. The first-order valence-electron chi connectivity index (χ1n) is 5.58. The molecule has 0 aromatic carbocycles. The standard InChI is InChI=1S/C10H14N4O3/c1-2-3-4-5-14-8(15)6-7(13-10(14)17)12-9(16)11-6/h2-5H2,1H3,(H,13,17)(H2,11,12,16). The molecule has 7 nitrogen and oxygen atoms in total. The van der Waals surface area contributed by atoms with Crippen LogP contribution in [-0.4, -0.2) is 19.5 Å². The van der Waals surface area contributed by atoms with Crippen molar-refractivity contribution < 1.29 is 0 Å². The average Bonchev–Trinajstić information content (AvgIpc) is 2.64. The van der Waals surface area contributed by atoms with Gasteiger partial charge in [-0.15, -0.1) is 0 Å². The van der Waals surface area contributed by atoms with Crippen LogP contribution < -0.4 is 16.9 Å². The van der Waals surface area contributed by atoms with Crippen molar-refractivity contribution in [3.05, 3.63) is 31.3 Å². The van der Waals surface area contributed by atoms with Gasteiger partial charge in [0.1, 0.15) is 5.65 Å². The van der Waals surface area contributed by atoms with E-state index in [-0.39, 0.29) is 11.2 Å². The van der Waals surface area contributed by atoms with Crippen molar-refractivity contribution >= 4 is 11.2 Å². The molecular formula is C10H14N4O3. The Kier molecular flexibility index (Phi) is 2.99. The van der Waals surface area contributed by atoms with Gasteiger partial charge in [-0.1, -0.05) is 19.8 Å². The van der Waals surface area contributed by atoms with Gasteiger partial charge in [-0.2, -0.15) is 0 Å². The Morgan fingerprint density at radius 2 is 1.82 bits per heavy atom. The van der Waals surface area contributed by atoms with Crippen molar-refractivity contribution in [3.8, 4) is 0 Å². The van der Waals surface area contributed by atoms with E-state index in [0.29, 0.717) is 6.54 Å². The van der Waals surface area contributed by atoms with Gasteiger partial charge in [-0.05, 0) is 6.42 Å². The predicted octanol–water partition coefficient (Wildman–Crippen LogP) is -0.104. The largest absolute Gasteiger partial charge is 0.330 e. The van der Waals surface area contributed by atoms with Gasteiger partial charge in [0.05, 0.1) is 0 Å². The zero-order chi connectivity index (χ0) is 12.4. The highest BCUT2D eigenvalue weighted by Gasteiger charge is 2.09. The summed E-state index contributed by atoms with van der Waals surface area (Å²) in [6.07, 6.45) is 2.73. The summed E-state index contributed by atoms with van der Waals surface area (Å²) in [7, 11) is 0. The summed E-state index contributed by atoms with van der Waals surface area (Å²) >= 11 is 0. The first-order chi connectivity index (χ1) is 8.13. The van der Waals surface area contributed by atoms with Crippen LogP contribution in [0.1, 0.15) is 26.2 Å². The number of H-pyrrole nitrogens is 3. The molecule has 0 aliphatic heterocycles. The third kappa shape index (κ3) is 2.08. The van der Waals surface area contributed by atoms with Gasteiger partial charge in [0.25, 0.3) is 5.56 Å². The molecule has 17 heavy (non-hydrogen) atoms. The molecule has 0 saturated heterocycles. The summed E-state index contributed by atoms with van der Waals surface area (Å²) in [5.74, 6) is 0. The van der Waals surface area contributed by atoms with Crippen LogP contribution in [0.5, 0.6) is 0 Å². The van der Waals surface area contributed by atoms with Crippen LogP contribution in [0.25, 0.3) is 11.2 Å². The normalized spacial score (nSPS) is 11.1. The topological polar surface area (TPSA) is 104 Å². The number of rotatable bonds is 4. The Morgan fingerprint density at radius 1 is 1.06 bits per heavy atom. The second-order valence-corrected chi connectivity index (χ2v) is 3.92. The highest BCUT2D eigenvalue weighted by atomic mass is 16.2.